The number of morpholine rings is 1. The van der Waals surface area contributed by atoms with Gasteiger partial charge in [0.15, 0.2) is 6.04 Å². The quantitative estimate of drug-likeness (QED) is 0.632. The van der Waals surface area contributed by atoms with E-state index in [1.54, 1.807) is 12.1 Å². The number of ether oxygens (including phenoxy) is 2. The minimum atomic E-state index is -0.722. The van der Waals surface area contributed by atoms with Crippen LogP contribution in [0, 0.1) is 6.92 Å². The van der Waals surface area contributed by atoms with Crippen LogP contribution in [0.15, 0.2) is 18.2 Å². The number of nitrogens with zero attached hydrogens (tertiary/aromatic N) is 1. The largest absolute Gasteiger partial charge is 0.467 e. The average molecular weight is 278 g/mol. The minimum absolute atomic E-state index is 0.143. The number of rotatable bonds is 2. The number of methoxy groups -OCH3 is 1. The summed E-state index contributed by atoms with van der Waals surface area (Å²) >= 11 is 0. The molecule has 1 fully saturated rings. The summed E-state index contributed by atoms with van der Waals surface area (Å²) in [5, 5.41) is 0. The molecule has 6 heteroatoms. The Bertz CT molecular complexity index is 510. The van der Waals surface area contributed by atoms with E-state index in [0.29, 0.717) is 24.4 Å². The van der Waals surface area contributed by atoms with Gasteiger partial charge in [-0.05, 0) is 18.6 Å². The number of hydrogen-bond acceptors (Lipinski definition) is 5. The first kappa shape index (κ1) is 14.3. The van der Waals surface area contributed by atoms with Gasteiger partial charge in [-0.3, -0.25) is 4.79 Å². The van der Waals surface area contributed by atoms with Gasteiger partial charge in [-0.15, -0.1) is 0 Å². The highest BCUT2D eigenvalue weighted by atomic mass is 16.5. The molecule has 1 amide bonds. The normalized spacial score (nSPS) is 18.7. The monoisotopic (exact) mass is 278 g/mol. The summed E-state index contributed by atoms with van der Waals surface area (Å²) < 4.78 is 9.98. The Balaban J connectivity index is 2.33. The van der Waals surface area contributed by atoms with Gasteiger partial charge in [-0.1, -0.05) is 12.1 Å². The summed E-state index contributed by atoms with van der Waals surface area (Å²) in [6.45, 7) is 2.69. The summed E-state index contributed by atoms with van der Waals surface area (Å²) in [7, 11) is 1.29. The molecular weight excluding hydrogens is 260 g/mol. The molecule has 0 radical (unpaired) electrons. The molecule has 0 saturated carbocycles. The molecule has 1 aliphatic heterocycles. The first-order chi connectivity index (χ1) is 9.56. The van der Waals surface area contributed by atoms with Crippen molar-refractivity contribution in [2.75, 3.05) is 32.6 Å². The highest BCUT2D eigenvalue weighted by Crippen LogP contribution is 2.21. The van der Waals surface area contributed by atoms with Crippen LogP contribution < -0.4 is 5.73 Å². The Labute approximate surface area is 117 Å². The molecule has 6 nitrogen and oxygen atoms in total. The van der Waals surface area contributed by atoms with Gasteiger partial charge in [0.25, 0.3) is 5.91 Å². The van der Waals surface area contributed by atoms with Gasteiger partial charge in [-0.25, -0.2) is 4.79 Å². The number of aryl methyl sites for hydroxylation is 1. The van der Waals surface area contributed by atoms with E-state index in [1.807, 2.05) is 13.0 Å². The maximum atomic E-state index is 12.7. The third kappa shape index (κ3) is 2.60. The van der Waals surface area contributed by atoms with E-state index in [9.17, 15) is 9.59 Å². The highest BCUT2D eigenvalue weighted by Gasteiger charge is 2.35. The maximum absolute atomic E-state index is 12.7. The van der Waals surface area contributed by atoms with Crippen molar-refractivity contribution in [3.63, 3.8) is 0 Å². The number of anilines is 1. The number of esters is 1. The van der Waals surface area contributed by atoms with Gasteiger partial charge in [0, 0.05) is 12.2 Å². The van der Waals surface area contributed by atoms with Gasteiger partial charge in [0.05, 0.1) is 25.9 Å². The minimum Gasteiger partial charge on any atom is -0.467 e. The van der Waals surface area contributed by atoms with Crippen LogP contribution in [0.3, 0.4) is 0 Å². The number of carbonyl (C=O) groups excluding carboxylic acids is 2. The van der Waals surface area contributed by atoms with Crippen molar-refractivity contribution in [1.82, 2.24) is 4.90 Å². The van der Waals surface area contributed by atoms with Crippen molar-refractivity contribution < 1.29 is 19.1 Å². The number of nitrogen functional groups attached to an aromatic ring is 1. The molecule has 1 aromatic rings. The van der Waals surface area contributed by atoms with E-state index >= 15 is 0 Å². The van der Waals surface area contributed by atoms with Crippen molar-refractivity contribution in [3.8, 4) is 0 Å². The third-order valence-electron chi connectivity index (χ3n) is 3.38. The summed E-state index contributed by atoms with van der Waals surface area (Å²) in [6.07, 6.45) is 0. The van der Waals surface area contributed by atoms with Crippen molar-refractivity contribution in [2.24, 2.45) is 0 Å². The Hall–Kier alpha value is -2.08. The average Bonchev–Trinajstić information content (AvgIpc) is 2.46. The van der Waals surface area contributed by atoms with E-state index in [0.717, 1.165) is 5.56 Å². The Morgan fingerprint density at radius 1 is 1.45 bits per heavy atom. The molecule has 0 aliphatic carbocycles. The first-order valence-corrected chi connectivity index (χ1v) is 6.38. The van der Waals surface area contributed by atoms with E-state index in [1.165, 1.54) is 12.0 Å². The molecule has 0 spiro atoms. The highest BCUT2D eigenvalue weighted by molar-refractivity contribution is 6.02. The fraction of sp³-hybridized carbons (Fsp3) is 0.429. The molecule has 1 saturated heterocycles. The van der Waals surface area contributed by atoms with Crippen LogP contribution in [0.4, 0.5) is 5.69 Å². The van der Waals surface area contributed by atoms with Crippen molar-refractivity contribution in [2.45, 2.75) is 13.0 Å². The summed E-state index contributed by atoms with van der Waals surface area (Å²) in [5.74, 6) is -0.746. The SMILES string of the molecule is COC(=O)C1COCCN1C(=O)c1c(C)cccc1N. The molecule has 0 aromatic heterocycles. The summed E-state index contributed by atoms with van der Waals surface area (Å²) in [6, 6.07) is 4.56. The predicted octanol–water partition coefficient (Wildman–Crippen LogP) is 0.591. The molecule has 0 bridgehead atoms. The standard InChI is InChI=1S/C14H18N2O4/c1-9-4-3-5-10(15)12(9)13(17)16-6-7-20-8-11(16)14(18)19-2/h3-5,11H,6-8,15H2,1-2H3. The van der Waals surface area contributed by atoms with E-state index in [2.05, 4.69) is 0 Å². The summed E-state index contributed by atoms with van der Waals surface area (Å²) in [5.41, 5.74) is 7.51. The van der Waals surface area contributed by atoms with Gasteiger partial charge in [-0.2, -0.15) is 0 Å². The van der Waals surface area contributed by atoms with E-state index in [-0.39, 0.29) is 12.5 Å². The van der Waals surface area contributed by atoms with Crippen molar-refractivity contribution in [3.05, 3.63) is 29.3 Å². The number of nitrogens with two attached hydrogens (primary N) is 1. The zero-order chi connectivity index (χ0) is 14.7. The van der Waals surface area contributed by atoms with E-state index < -0.39 is 12.0 Å². The van der Waals surface area contributed by atoms with Crippen LogP contribution in [-0.2, 0) is 14.3 Å². The second-order valence-electron chi connectivity index (χ2n) is 4.65. The Morgan fingerprint density at radius 3 is 2.85 bits per heavy atom. The third-order valence-corrected chi connectivity index (χ3v) is 3.38. The second-order valence-corrected chi connectivity index (χ2v) is 4.65. The number of carbonyl (C=O) groups is 2. The second kappa shape index (κ2) is 5.92. The molecule has 2 N–H and O–H groups in total. The number of amides is 1. The van der Waals surface area contributed by atoms with Gasteiger partial charge < -0.3 is 20.1 Å². The molecule has 20 heavy (non-hydrogen) atoms. The van der Waals surface area contributed by atoms with Crippen LogP contribution in [0.2, 0.25) is 0 Å². The van der Waals surface area contributed by atoms with Crippen LogP contribution in [0.5, 0.6) is 0 Å². The smallest absolute Gasteiger partial charge is 0.331 e. The van der Waals surface area contributed by atoms with Crippen molar-refractivity contribution >= 4 is 17.6 Å². The molecule has 1 heterocycles. The fourth-order valence-electron chi connectivity index (χ4n) is 2.30. The van der Waals surface area contributed by atoms with Gasteiger partial charge >= 0.3 is 5.97 Å². The molecule has 1 aromatic carbocycles. The first-order valence-electron chi connectivity index (χ1n) is 6.38. The van der Waals surface area contributed by atoms with Gasteiger partial charge in [0.2, 0.25) is 0 Å². The number of benzene rings is 1. The summed E-state index contributed by atoms with van der Waals surface area (Å²) in [4.78, 5) is 25.9. The molecule has 108 valence electrons. The van der Waals surface area contributed by atoms with Crippen LogP contribution in [-0.4, -0.2) is 49.7 Å². The van der Waals surface area contributed by atoms with Crippen LogP contribution in [0.1, 0.15) is 15.9 Å². The zero-order valence-electron chi connectivity index (χ0n) is 11.6. The Morgan fingerprint density at radius 2 is 2.20 bits per heavy atom. The molecule has 1 aliphatic rings. The zero-order valence-corrected chi connectivity index (χ0v) is 11.6. The van der Waals surface area contributed by atoms with Gasteiger partial charge in [0.1, 0.15) is 0 Å². The molecule has 2 rings (SSSR count). The fourth-order valence-corrected chi connectivity index (χ4v) is 2.30. The van der Waals surface area contributed by atoms with Crippen molar-refractivity contribution in [1.29, 1.82) is 0 Å². The Kier molecular flexibility index (Phi) is 4.24. The maximum Gasteiger partial charge on any atom is 0.331 e. The number of hydrogen-bond donors (Lipinski definition) is 1. The molecule has 1 unspecified atom stereocenters. The van der Waals surface area contributed by atoms with Crippen LogP contribution >= 0.6 is 0 Å². The lowest BCUT2D eigenvalue weighted by molar-refractivity contribution is -0.151. The lowest BCUT2D eigenvalue weighted by Gasteiger charge is -2.34. The lowest BCUT2D eigenvalue weighted by Crippen LogP contribution is -2.53. The molecule has 1 atom stereocenters. The van der Waals surface area contributed by atoms with E-state index in [4.69, 9.17) is 15.2 Å². The topological polar surface area (TPSA) is 81.9 Å². The van der Waals surface area contributed by atoms with Crippen LogP contribution in [0.25, 0.3) is 0 Å². The molecular formula is C14H18N2O4. The lowest BCUT2D eigenvalue weighted by atomic mass is 10.0. The predicted molar refractivity (Wildman–Crippen MR) is 73.3 cm³/mol.